The smallest absolute Gasteiger partial charge is 0.129 e. The molecule has 1 aromatic rings. The number of hydrogen-bond donors (Lipinski definition) is 2. The SMILES string of the molecule is Cc1c(N)ccc2c1OCCC2N. The Hall–Kier alpha value is -1.22. The van der Waals surface area contributed by atoms with Gasteiger partial charge in [-0.3, -0.25) is 0 Å². The van der Waals surface area contributed by atoms with Crippen molar-refractivity contribution in [2.45, 2.75) is 19.4 Å². The fourth-order valence-electron chi connectivity index (χ4n) is 1.65. The Morgan fingerprint density at radius 2 is 2.23 bits per heavy atom. The third kappa shape index (κ3) is 1.25. The molecule has 70 valence electrons. The van der Waals surface area contributed by atoms with E-state index in [4.69, 9.17) is 16.2 Å². The summed E-state index contributed by atoms with van der Waals surface area (Å²) in [5, 5.41) is 0. The number of nitrogens with two attached hydrogens (primary N) is 2. The fraction of sp³-hybridized carbons (Fsp3) is 0.400. The highest BCUT2D eigenvalue weighted by atomic mass is 16.5. The molecule has 1 aromatic carbocycles. The molecule has 1 aliphatic heterocycles. The van der Waals surface area contributed by atoms with E-state index >= 15 is 0 Å². The molecule has 4 N–H and O–H groups in total. The summed E-state index contributed by atoms with van der Waals surface area (Å²) in [6, 6.07) is 3.95. The van der Waals surface area contributed by atoms with Gasteiger partial charge >= 0.3 is 0 Å². The summed E-state index contributed by atoms with van der Waals surface area (Å²) in [5.74, 6) is 0.888. The third-order valence-corrected chi connectivity index (χ3v) is 2.55. The molecule has 0 bridgehead atoms. The van der Waals surface area contributed by atoms with Crippen LogP contribution in [0.1, 0.15) is 23.6 Å². The Balaban J connectivity index is 2.56. The molecule has 0 aromatic heterocycles. The quantitative estimate of drug-likeness (QED) is 0.590. The first-order valence-corrected chi connectivity index (χ1v) is 4.47. The Labute approximate surface area is 77.7 Å². The van der Waals surface area contributed by atoms with Crippen LogP contribution in [-0.4, -0.2) is 6.61 Å². The van der Waals surface area contributed by atoms with Gasteiger partial charge < -0.3 is 16.2 Å². The number of anilines is 1. The van der Waals surface area contributed by atoms with Gasteiger partial charge in [-0.25, -0.2) is 0 Å². The number of fused-ring (bicyclic) bond motifs is 1. The zero-order valence-corrected chi connectivity index (χ0v) is 7.71. The summed E-state index contributed by atoms with van der Waals surface area (Å²) in [7, 11) is 0. The van der Waals surface area contributed by atoms with Crippen LogP contribution in [0.3, 0.4) is 0 Å². The number of hydrogen-bond acceptors (Lipinski definition) is 3. The molecule has 0 fully saturated rings. The van der Waals surface area contributed by atoms with Crippen molar-refractivity contribution in [3.8, 4) is 5.75 Å². The van der Waals surface area contributed by atoms with Crippen LogP contribution in [0.15, 0.2) is 12.1 Å². The Morgan fingerprint density at radius 1 is 1.46 bits per heavy atom. The molecular weight excluding hydrogens is 164 g/mol. The topological polar surface area (TPSA) is 61.3 Å². The van der Waals surface area contributed by atoms with Gasteiger partial charge in [-0.2, -0.15) is 0 Å². The maximum atomic E-state index is 5.94. The number of ether oxygens (including phenoxy) is 1. The van der Waals surface area contributed by atoms with E-state index < -0.39 is 0 Å². The molecule has 3 heteroatoms. The molecule has 1 unspecified atom stereocenters. The minimum absolute atomic E-state index is 0.100. The lowest BCUT2D eigenvalue weighted by Gasteiger charge is -2.24. The Morgan fingerprint density at radius 3 is 3.00 bits per heavy atom. The predicted octanol–water partition coefficient (Wildman–Crippen LogP) is 1.36. The van der Waals surface area contributed by atoms with Gasteiger partial charge in [-0.1, -0.05) is 6.07 Å². The number of rotatable bonds is 0. The minimum Gasteiger partial charge on any atom is -0.493 e. The number of nitrogen functional groups attached to an aromatic ring is 1. The highest BCUT2D eigenvalue weighted by Crippen LogP contribution is 2.35. The first kappa shape index (κ1) is 8.38. The summed E-state index contributed by atoms with van der Waals surface area (Å²) in [4.78, 5) is 0. The van der Waals surface area contributed by atoms with Crippen LogP contribution >= 0.6 is 0 Å². The molecule has 1 heterocycles. The van der Waals surface area contributed by atoms with Crippen LogP contribution in [0.2, 0.25) is 0 Å². The molecule has 13 heavy (non-hydrogen) atoms. The molecule has 0 radical (unpaired) electrons. The van der Waals surface area contributed by atoms with Crippen molar-refractivity contribution < 1.29 is 4.74 Å². The van der Waals surface area contributed by atoms with Gasteiger partial charge in [0.2, 0.25) is 0 Å². The highest BCUT2D eigenvalue weighted by Gasteiger charge is 2.20. The first-order valence-electron chi connectivity index (χ1n) is 4.47. The third-order valence-electron chi connectivity index (χ3n) is 2.55. The minimum atomic E-state index is 0.100. The van der Waals surface area contributed by atoms with Gasteiger partial charge in [0.1, 0.15) is 5.75 Å². The summed E-state index contributed by atoms with van der Waals surface area (Å²) >= 11 is 0. The van der Waals surface area contributed by atoms with Crippen LogP contribution in [0.5, 0.6) is 5.75 Å². The van der Waals surface area contributed by atoms with Gasteiger partial charge in [0.15, 0.2) is 0 Å². The molecule has 0 saturated heterocycles. The standard InChI is InChI=1S/C10H14N2O/c1-6-8(11)3-2-7-9(12)4-5-13-10(6)7/h2-3,9H,4-5,11-12H2,1H3. The molecule has 0 aliphatic carbocycles. The molecular formula is C10H14N2O. The van der Waals surface area contributed by atoms with Crippen molar-refractivity contribution in [2.75, 3.05) is 12.3 Å². The van der Waals surface area contributed by atoms with E-state index in [1.807, 2.05) is 19.1 Å². The Kier molecular flexibility index (Phi) is 1.88. The molecule has 0 saturated carbocycles. The lowest BCUT2D eigenvalue weighted by molar-refractivity contribution is 0.267. The van der Waals surface area contributed by atoms with Crippen molar-refractivity contribution in [2.24, 2.45) is 5.73 Å². The van der Waals surface area contributed by atoms with Crippen molar-refractivity contribution in [1.29, 1.82) is 0 Å². The molecule has 0 spiro atoms. The Bertz CT molecular complexity index is 336. The average Bonchev–Trinajstić information content (AvgIpc) is 2.12. The van der Waals surface area contributed by atoms with Gasteiger partial charge in [0.05, 0.1) is 6.61 Å². The molecule has 1 aliphatic rings. The van der Waals surface area contributed by atoms with Crippen LogP contribution < -0.4 is 16.2 Å². The normalized spacial score (nSPS) is 20.6. The second kappa shape index (κ2) is 2.92. The van der Waals surface area contributed by atoms with E-state index in [2.05, 4.69) is 0 Å². The summed E-state index contributed by atoms with van der Waals surface area (Å²) in [6.45, 7) is 2.66. The van der Waals surface area contributed by atoms with E-state index in [1.165, 1.54) is 0 Å². The van der Waals surface area contributed by atoms with Crippen molar-refractivity contribution in [3.63, 3.8) is 0 Å². The summed E-state index contributed by atoms with van der Waals surface area (Å²) < 4.78 is 5.55. The maximum absolute atomic E-state index is 5.94. The zero-order valence-electron chi connectivity index (χ0n) is 7.71. The van der Waals surface area contributed by atoms with E-state index in [9.17, 15) is 0 Å². The van der Waals surface area contributed by atoms with E-state index in [0.717, 1.165) is 29.0 Å². The molecule has 2 rings (SSSR count). The monoisotopic (exact) mass is 178 g/mol. The lowest BCUT2D eigenvalue weighted by Crippen LogP contribution is -2.21. The largest absolute Gasteiger partial charge is 0.493 e. The van der Waals surface area contributed by atoms with Crippen molar-refractivity contribution >= 4 is 5.69 Å². The van der Waals surface area contributed by atoms with E-state index in [1.54, 1.807) is 0 Å². The fourth-order valence-corrected chi connectivity index (χ4v) is 1.65. The molecule has 1 atom stereocenters. The average molecular weight is 178 g/mol. The zero-order chi connectivity index (χ0) is 9.42. The lowest BCUT2D eigenvalue weighted by atomic mass is 9.98. The van der Waals surface area contributed by atoms with Gasteiger partial charge in [0, 0.05) is 29.3 Å². The second-order valence-electron chi connectivity index (χ2n) is 3.44. The number of benzene rings is 1. The summed E-state index contributed by atoms with van der Waals surface area (Å²) in [6.07, 6.45) is 0.885. The van der Waals surface area contributed by atoms with E-state index in [0.29, 0.717) is 6.61 Å². The second-order valence-corrected chi connectivity index (χ2v) is 3.44. The first-order chi connectivity index (χ1) is 6.20. The highest BCUT2D eigenvalue weighted by molar-refractivity contribution is 5.58. The molecule has 3 nitrogen and oxygen atoms in total. The van der Waals surface area contributed by atoms with E-state index in [-0.39, 0.29) is 6.04 Å². The summed E-state index contributed by atoms with van der Waals surface area (Å²) in [5.41, 5.74) is 14.6. The van der Waals surface area contributed by atoms with Crippen molar-refractivity contribution in [1.82, 2.24) is 0 Å². The maximum Gasteiger partial charge on any atom is 0.129 e. The molecule has 0 amide bonds. The van der Waals surface area contributed by atoms with Crippen molar-refractivity contribution in [3.05, 3.63) is 23.3 Å². The van der Waals surface area contributed by atoms with Gasteiger partial charge in [-0.05, 0) is 13.0 Å². The van der Waals surface area contributed by atoms with Gasteiger partial charge in [0.25, 0.3) is 0 Å². The van der Waals surface area contributed by atoms with Crippen LogP contribution in [-0.2, 0) is 0 Å². The van der Waals surface area contributed by atoms with Crippen LogP contribution in [0.4, 0.5) is 5.69 Å². The van der Waals surface area contributed by atoms with Gasteiger partial charge in [-0.15, -0.1) is 0 Å². The van der Waals surface area contributed by atoms with Crippen LogP contribution in [0.25, 0.3) is 0 Å². The van der Waals surface area contributed by atoms with Crippen LogP contribution in [0, 0.1) is 6.92 Å². The predicted molar refractivity (Wildman–Crippen MR) is 52.6 cm³/mol.